The van der Waals surface area contributed by atoms with Crippen molar-refractivity contribution in [3.8, 4) is 11.5 Å². The molecule has 0 saturated heterocycles. The number of nitrogens with one attached hydrogen (secondary N) is 1. The standard InChI is InChI=1S/C27H31NO3/c1-4-30-25-15-13-22(14-16-25)26(17-20(2)3)28-27(29)23-10-8-9-21(18-23)19-31-24-11-6-5-7-12-24/h5-16,18,20,26H,4,17,19H2,1-3H3,(H,28,29). The molecule has 3 rings (SSSR count). The summed E-state index contributed by atoms with van der Waals surface area (Å²) in [7, 11) is 0. The Labute approximate surface area is 185 Å². The predicted octanol–water partition coefficient (Wildman–Crippen LogP) is 6.18. The van der Waals surface area contributed by atoms with Gasteiger partial charge in [-0.05, 0) is 66.8 Å². The van der Waals surface area contributed by atoms with E-state index in [0.717, 1.165) is 29.0 Å². The lowest BCUT2D eigenvalue weighted by Crippen LogP contribution is -2.29. The Morgan fingerprint density at radius 2 is 1.58 bits per heavy atom. The van der Waals surface area contributed by atoms with Gasteiger partial charge in [0.25, 0.3) is 5.91 Å². The molecule has 0 bridgehead atoms. The first-order chi connectivity index (χ1) is 15.0. The van der Waals surface area contributed by atoms with Crippen LogP contribution < -0.4 is 14.8 Å². The Morgan fingerprint density at radius 3 is 2.26 bits per heavy atom. The van der Waals surface area contributed by atoms with Crippen LogP contribution >= 0.6 is 0 Å². The lowest BCUT2D eigenvalue weighted by atomic mass is 9.96. The minimum absolute atomic E-state index is 0.0626. The molecular weight excluding hydrogens is 386 g/mol. The fraction of sp³-hybridized carbons (Fsp3) is 0.296. The highest BCUT2D eigenvalue weighted by Crippen LogP contribution is 2.24. The maximum absolute atomic E-state index is 13.0. The molecule has 4 heteroatoms. The lowest BCUT2D eigenvalue weighted by molar-refractivity contribution is 0.0932. The maximum atomic E-state index is 13.0. The summed E-state index contributed by atoms with van der Waals surface area (Å²) in [6, 6.07) is 25.2. The average molecular weight is 418 g/mol. The molecule has 0 aliphatic heterocycles. The first-order valence-corrected chi connectivity index (χ1v) is 10.9. The number of amides is 1. The van der Waals surface area contributed by atoms with Gasteiger partial charge in [0.2, 0.25) is 0 Å². The summed E-state index contributed by atoms with van der Waals surface area (Å²) in [5.74, 6) is 2.01. The van der Waals surface area contributed by atoms with E-state index in [0.29, 0.717) is 24.7 Å². The second kappa shape index (κ2) is 11.2. The molecule has 0 aromatic heterocycles. The van der Waals surface area contributed by atoms with E-state index in [4.69, 9.17) is 9.47 Å². The number of ether oxygens (including phenoxy) is 2. The van der Waals surface area contributed by atoms with Gasteiger partial charge in [-0.1, -0.05) is 56.3 Å². The Balaban J connectivity index is 1.69. The Hall–Kier alpha value is -3.27. The number of rotatable bonds is 10. The molecule has 1 atom stereocenters. The van der Waals surface area contributed by atoms with E-state index < -0.39 is 0 Å². The van der Waals surface area contributed by atoms with Crippen LogP contribution in [0.5, 0.6) is 11.5 Å². The fourth-order valence-corrected chi connectivity index (χ4v) is 3.44. The second-order valence-corrected chi connectivity index (χ2v) is 7.96. The van der Waals surface area contributed by atoms with E-state index in [-0.39, 0.29) is 11.9 Å². The van der Waals surface area contributed by atoms with Gasteiger partial charge in [0.15, 0.2) is 0 Å². The summed E-state index contributed by atoms with van der Waals surface area (Å²) >= 11 is 0. The predicted molar refractivity (Wildman–Crippen MR) is 124 cm³/mol. The summed E-state index contributed by atoms with van der Waals surface area (Å²) < 4.78 is 11.4. The van der Waals surface area contributed by atoms with Gasteiger partial charge in [-0.15, -0.1) is 0 Å². The SMILES string of the molecule is CCOc1ccc(C(CC(C)C)NC(=O)c2cccc(COc3ccccc3)c2)cc1. The van der Waals surface area contributed by atoms with Gasteiger partial charge < -0.3 is 14.8 Å². The van der Waals surface area contributed by atoms with Gasteiger partial charge in [0.1, 0.15) is 18.1 Å². The summed E-state index contributed by atoms with van der Waals surface area (Å²) in [4.78, 5) is 13.0. The van der Waals surface area contributed by atoms with Crippen LogP contribution in [0.3, 0.4) is 0 Å². The zero-order valence-electron chi connectivity index (χ0n) is 18.5. The van der Waals surface area contributed by atoms with Crippen molar-refractivity contribution in [1.29, 1.82) is 0 Å². The molecule has 1 unspecified atom stereocenters. The largest absolute Gasteiger partial charge is 0.494 e. The Morgan fingerprint density at radius 1 is 0.871 bits per heavy atom. The summed E-state index contributed by atoms with van der Waals surface area (Å²) in [6.45, 7) is 7.34. The third kappa shape index (κ3) is 6.88. The smallest absolute Gasteiger partial charge is 0.251 e. The van der Waals surface area contributed by atoms with Crippen molar-refractivity contribution in [3.05, 3.63) is 95.6 Å². The number of para-hydroxylation sites is 1. The van der Waals surface area contributed by atoms with Gasteiger partial charge in [0, 0.05) is 5.56 Å². The lowest BCUT2D eigenvalue weighted by Gasteiger charge is -2.22. The number of carbonyl (C=O) groups is 1. The van der Waals surface area contributed by atoms with E-state index in [9.17, 15) is 4.79 Å². The monoisotopic (exact) mass is 417 g/mol. The van der Waals surface area contributed by atoms with Crippen molar-refractivity contribution >= 4 is 5.91 Å². The van der Waals surface area contributed by atoms with E-state index in [2.05, 4.69) is 19.2 Å². The van der Waals surface area contributed by atoms with Crippen LogP contribution in [0, 0.1) is 5.92 Å². The van der Waals surface area contributed by atoms with E-state index in [1.54, 1.807) is 0 Å². The molecule has 162 valence electrons. The summed E-state index contributed by atoms with van der Waals surface area (Å²) in [5, 5.41) is 3.21. The highest BCUT2D eigenvalue weighted by Gasteiger charge is 2.18. The minimum atomic E-state index is -0.0823. The molecule has 0 radical (unpaired) electrons. The second-order valence-electron chi connectivity index (χ2n) is 7.96. The molecule has 1 N–H and O–H groups in total. The molecule has 31 heavy (non-hydrogen) atoms. The molecule has 0 spiro atoms. The first-order valence-electron chi connectivity index (χ1n) is 10.9. The zero-order valence-corrected chi connectivity index (χ0v) is 18.5. The maximum Gasteiger partial charge on any atom is 0.251 e. The zero-order chi connectivity index (χ0) is 22.1. The molecule has 0 aliphatic rings. The van der Waals surface area contributed by atoms with Crippen LogP contribution in [0.1, 0.15) is 54.7 Å². The van der Waals surface area contributed by atoms with E-state index in [1.165, 1.54) is 0 Å². The molecule has 0 aliphatic carbocycles. The quantitative estimate of drug-likeness (QED) is 0.428. The van der Waals surface area contributed by atoms with Crippen LogP contribution in [-0.2, 0) is 6.61 Å². The van der Waals surface area contributed by atoms with Crippen molar-refractivity contribution in [3.63, 3.8) is 0 Å². The van der Waals surface area contributed by atoms with Crippen LogP contribution in [0.4, 0.5) is 0 Å². The molecule has 0 fully saturated rings. The van der Waals surface area contributed by atoms with Gasteiger partial charge in [-0.25, -0.2) is 0 Å². The van der Waals surface area contributed by atoms with E-state index >= 15 is 0 Å². The van der Waals surface area contributed by atoms with Crippen LogP contribution in [-0.4, -0.2) is 12.5 Å². The van der Waals surface area contributed by atoms with Crippen molar-refractivity contribution in [1.82, 2.24) is 5.32 Å². The number of hydrogen-bond acceptors (Lipinski definition) is 3. The number of benzene rings is 3. The topological polar surface area (TPSA) is 47.6 Å². The van der Waals surface area contributed by atoms with Crippen LogP contribution in [0.25, 0.3) is 0 Å². The van der Waals surface area contributed by atoms with Crippen LogP contribution in [0.2, 0.25) is 0 Å². The van der Waals surface area contributed by atoms with Gasteiger partial charge >= 0.3 is 0 Å². The molecule has 3 aromatic carbocycles. The summed E-state index contributed by atoms with van der Waals surface area (Å²) in [6.07, 6.45) is 0.858. The van der Waals surface area contributed by atoms with Crippen molar-refractivity contribution < 1.29 is 14.3 Å². The van der Waals surface area contributed by atoms with Gasteiger partial charge in [-0.3, -0.25) is 4.79 Å². The molecule has 0 saturated carbocycles. The molecular formula is C27H31NO3. The number of carbonyl (C=O) groups excluding carboxylic acids is 1. The highest BCUT2D eigenvalue weighted by molar-refractivity contribution is 5.94. The van der Waals surface area contributed by atoms with Crippen molar-refractivity contribution in [2.75, 3.05) is 6.61 Å². The Bertz CT molecular complexity index is 952. The fourth-order valence-electron chi connectivity index (χ4n) is 3.44. The third-order valence-electron chi connectivity index (χ3n) is 4.94. The van der Waals surface area contributed by atoms with Crippen molar-refractivity contribution in [2.45, 2.75) is 39.8 Å². The third-order valence-corrected chi connectivity index (χ3v) is 4.94. The summed E-state index contributed by atoms with van der Waals surface area (Å²) in [5.41, 5.74) is 2.67. The average Bonchev–Trinajstić information content (AvgIpc) is 2.78. The Kier molecular flexibility index (Phi) is 8.11. The normalized spacial score (nSPS) is 11.7. The highest BCUT2D eigenvalue weighted by atomic mass is 16.5. The number of hydrogen-bond donors (Lipinski definition) is 1. The van der Waals surface area contributed by atoms with Crippen LogP contribution in [0.15, 0.2) is 78.9 Å². The molecule has 0 heterocycles. The molecule has 3 aromatic rings. The van der Waals surface area contributed by atoms with Gasteiger partial charge in [-0.2, -0.15) is 0 Å². The molecule has 1 amide bonds. The van der Waals surface area contributed by atoms with E-state index in [1.807, 2.05) is 85.8 Å². The van der Waals surface area contributed by atoms with Gasteiger partial charge in [0.05, 0.1) is 12.6 Å². The van der Waals surface area contributed by atoms with Crippen molar-refractivity contribution in [2.24, 2.45) is 5.92 Å². The minimum Gasteiger partial charge on any atom is -0.494 e. The molecule has 4 nitrogen and oxygen atoms in total. The first kappa shape index (κ1) is 22.4.